The van der Waals surface area contributed by atoms with Gasteiger partial charge in [-0.3, -0.25) is 4.79 Å². The van der Waals surface area contributed by atoms with Gasteiger partial charge in [0.2, 0.25) is 0 Å². The normalized spacial score (nSPS) is 14.7. The molecule has 1 aliphatic carbocycles. The molecule has 0 saturated heterocycles. The first-order valence-corrected chi connectivity index (χ1v) is 3.39. The van der Waals surface area contributed by atoms with Gasteiger partial charge < -0.3 is 0 Å². The predicted octanol–water partition coefficient (Wildman–Crippen LogP) is -0.990. The molecule has 0 atom stereocenters. The van der Waals surface area contributed by atoms with Crippen molar-refractivity contribution in [1.82, 2.24) is 10.2 Å². The molecule has 1 aromatic rings. The maximum absolute atomic E-state index is 10.9. The number of ketones is 1. The monoisotopic (exact) mass is 146 g/mol. The van der Waals surface area contributed by atoms with Crippen LogP contribution in [-0.2, 0) is 4.79 Å². The molecular weight excluding hydrogens is 140 g/mol. The van der Waals surface area contributed by atoms with Gasteiger partial charge in [0.15, 0.2) is 5.78 Å². The van der Waals surface area contributed by atoms with Crippen LogP contribution < -0.4 is 10.6 Å². The van der Waals surface area contributed by atoms with Crippen LogP contribution in [0.3, 0.4) is 0 Å². The average molecular weight is 146 g/mol. The second-order valence-electron chi connectivity index (χ2n) is 2.39. The zero-order chi connectivity index (χ0) is 7.68. The molecule has 0 spiro atoms. The van der Waals surface area contributed by atoms with Crippen molar-refractivity contribution in [3.05, 3.63) is 22.8 Å². The Bertz CT molecular complexity index is 408. The van der Waals surface area contributed by atoms with Crippen molar-refractivity contribution in [2.75, 3.05) is 0 Å². The van der Waals surface area contributed by atoms with E-state index in [1.54, 1.807) is 6.20 Å². The van der Waals surface area contributed by atoms with Crippen molar-refractivity contribution >= 4 is 17.9 Å². The molecule has 11 heavy (non-hydrogen) atoms. The summed E-state index contributed by atoms with van der Waals surface area (Å²) < 4.78 is 0. The molecule has 3 heteroatoms. The molecule has 3 nitrogen and oxygen atoms in total. The summed E-state index contributed by atoms with van der Waals surface area (Å²) in [5, 5.41) is 9.17. The molecule has 0 saturated carbocycles. The fraction of sp³-hybridized carbons (Fsp3) is 0.125. The lowest BCUT2D eigenvalue weighted by molar-refractivity contribution is -0.112. The second-order valence-corrected chi connectivity index (χ2v) is 2.39. The number of hydrogen-bond donors (Lipinski definition) is 0. The number of nitrogens with zero attached hydrogens (tertiary/aromatic N) is 2. The number of rotatable bonds is 0. The van der Waals surface area contributed by atoms with Gasteiger partial charge >= 0.3 is 0 Å². The minimum atomic E-state index is 0.0954. The Balaban J connectivity index is 2.83. The average Bonchev–Trinajstić information content (AvgIpc) is 2.04. The quantitative estimate of drug-likeness (QED) is 0.472. The maximum Gasteiger partial charge on any atom is 0.161 e. The Hall–Kier alpha value is -1.51. The highest BCUT2D eigenvalue weighted by Crippen LogP contribution is 1.87. The minimum Gasteiger partial charge on any atom is -0.294 e. The molecule has 1 heterocycles. The van der Waals surface area contributed by atoms with Crippen LogP contribution in [0.15, 0.2) is 12.3 Å². The lowest BCUT2D eigenvalue weighted by Gasteiger charge is -1.94. The molecule has 0 unspecified atom stereocenters. The summed E-state index contributed by atoms with van der Waals surface area (Å²) in [4.78, 5) is 10.9. The Labute approximate surface area is 63.1 Å². The van der Waals surface area contributed by atoms with Gasteiger partial charge in [0, 0.05) is 17.7 Å². The zero-order valence-electron chi connectivity index (χ0n) is 5.82. The van der Waals surface area contributed by atoms with Crippen LogP contribution in [0.25, 0.3) is 12.2 Å². The molecule has 54 valence electrons. The van der Waals surface area contributed by atoms with Crippen molar-refractivity contribution in [3.8, 4) is 0 Å². The van der Waals surface area contributed by atoms with E-state index < -0.39 is 0 Å². The van der Waals surface area contributed by atoms with Crippen LogP contribution in [0.1, 0.15) is 6.42 Å². The van der Waals surface area contributed by atoms with E-state index in [0.29, 0.717) is 11.8 Å². The summed E-state index contributed by atoms with van der Waals surface area (Å²) in [6, 6.07) is 1.85. The molecule has 1 aliphatic rings. The van der Waals surface area contributed by atoms with Crippen LogP contribution in [0, 0.1) is 0 Å². The zero-order valence-corrected chi connectivity index (χ0v) is 5.82. The second kappa shape index (κ2) is 2.27. The molecule has 0 aromatic carbocycles. The summed E-state index contributed by atoms with van der Waals surface area (Å²) >= 11 is 0. The molecule has 2 rings (SSSR count). The van der Waals surface area contributed by atoms with E-state index in [-0.39, 0.29) is 5.78 Å². The molecule has 0 aliphatic heterocycles. The van der Waals surface area contributed by atoms with Crippen LogP contribution in [-0.4, -0.2) is 16.0 Å². The summed E-state index contributed by atoms with van der Waals surface area (Å²) in [7, 11) is 0. The highest BCUT2D eigenvalue weighted by Gasteiger charge is 2.00. The van der Waals surface area contributed by atoms with E-state index in [2.05, 4.69) is 10.2 Å². The van der Waals surface area contributed by atoms with E-state index in [9.17, 15) is 4.79 Å². The van der Waals surface area contributed by atoms with Crippen molar-refractivity contribution in [2.45, 2.75) is 6.42 Å². The Morgan fingerprint density at radius 1 is 1.45 bits per heavy atom. The largest absolute Gasteiger partial charge is 0.294 e. The Morgan fingerprint density at radius 3 is 3.27 bits per heavy atom. The smallest absolute Gasteiger partial charge is 0.161 e. The predicted molar refractivity (Wildman–Crippen MR) is 39.8 cm³/mol. The third kappa shape index (κ3) is 1.05. The minimum absolute atomic E-state index is 0.0954. The van der Waals surface area contributed by atoms with Gasteiger partial charge in [0.25, 0.3) is 0 Å². The molecule has 0 bridgehead atoms. The maximum atomic E-state index is 10.9. The van der Waals surface area contributed by atoms with Crippen LogP contribution in [0.4, 0.5) is 0 Å². The molecule has 0 fully saturated rings. The third-order valence-corrected chi connectivity index (χ3v) is 1.60. The molecule has 0 radical (unpaired) electrons. The van der Waals surface area contributed by atoms with Crippen molar-refractivity contribution < 1.29 is 4.79 Å². The highest BCUT2D eigenvalue weighted by atomic mass is 16.1. The standard InChI is InChI=1S/C8H6N2O/c11-7-2-1-6-3-4-9-10-8(6)5-7/h1,3-5H,2H2. The Kier molecular flexibility index (Phi) is 1.28. The van der Waals surface area contributed by atoms with E-state index in [0.717, 1.165) is 5.22 Å². The van der Waals surface area contributed by atoms with E-state index in [1.807, 2.05) is 12.1 Å². The highest BCUT2D eigenvalue weighted by molar-refractivity contribution is 6.08. The fourth-order valence-electron chi connectivity index (χ4n) is 1.06. The Morgan fingerprint density at radius 2 is 2.36 bits per heavy atom. The number of hydrogen-bond acceptors (Lipinski definition) is 3. The first-order chi connectivity index (χ1) is 5.36. The van der Waals surface area contributed by atoms with Crippen molar-refractivity contribution in [2.24, 2.45) is 0 Å². The van der Waals surface area contributed by atoms with E-state index in [4.69, 9.17) is 0 Å². The summed E-state index contributed by atoms with van der Waals surface area (Å²) in [5.74, 6) is 0.0954. The summed E-state index contributed by atoms with van der Waals surface area (Å²) in [6.45, 7) is 0. The number of Topliss-reactive ketones (excluding diaryl/α,β-unsaturated/α-hetero) is 1. The van der Waals surface area contributed by atoms with Gasteiger partial charge in [-0.15, -0.1) is 0 Å². The first-order valence-electron chi connectivity index (χ1n) is 3.39. The molecule has 0 amide bonds. The van der Waals surface area contributed by atoms with Gasteiger partial charge in [-0.2, -0.15) is 10.2 Å². The van der Waals surface area contributed by atoms with Crippen molar-refractivity contribution in [1.29, 1.82) is 0 Å². The first kappa shape index (κ1) is 6.22. The summed E-state index contributed by atoms with van der Waals surface area (Å²) in [5.41, 5.74) is 0. The van der Waals surface area contributed by atoms with E-state index in [1.165, 1.54) is 6.08 Å². The van der Waals surface area contributed by atoms with Crippen LogP contribution >= 0.6 is 0 Å². The third-order valence-electron chi connectivity index (χ3n) is 1.60. The van der Waals surface area contributed by atoms with Gasteiger partial charge in [-0.05, 0) is 6.07 Å². The van der Waals surface area contributed by atoms with Gasteiger partial charge in [-0.1, -0.05) is 6.08 Å². The molecule has 1 aromatic heterocycles. The SMILES string of the molecule is O=C1C=c2nnccc2=CC1. The number of aromatic nitrogens is 2. The number of fused-ring (bicyclic) bond motifs is 1. The number of carbonyl (C=O) groups excluding carboxylic acids is 1. The summed E-state index contributed by atoms with van der Waals surface area (Å²) in [6.07, 6.45) is 5.51. The topological polar surface area (TPSA) is 42.9 Å². The number of carbonyl (C=O) groups is 1. The van der Waals surface area contributed by atoms with E-state index >= 15 is 0 Å². The van der Waals surface area contributed by atoms with Crippen molar-refractivity contribution in [3.63, 3.8) is 0 Å². The fourth-order valence-corrected chi connectivity index (χ4v) is 1.06. The van der Waals surface area contributed by atoms with Gasteiger partial charge in [-0.25, -0.2) is 0 Å². The van der Waals surface area contributed by atoms with Crippen LogP contribution in [0.2, 0.25) is 0 Å². The lowest BCUT2D eigenvalue weighted by atomic mass is 10.1. The van der Waals surface area contributed by atoms with Gasteiger partial charge in [0.1, 0.15) is 0 Å². The van der Waals surface area contributed by atoms with Gasteiger partial charge in [0.05, 0.1) is 11.5 Å². The molecule has 0 N–H and O–H groups in total. The lowest BCUT2D eigenvalue weighted by Crippen LogP contribution is -2.32. The molecular formula is C8H6N2O. The van der Waals surface area contributed by atoms with Crippen LogP contribution in [0.5, 0.6) is 0 Å².